The van der Waals surface area contributed by atoms with E-state index in [1.54, 1.807) is 29.8 Å². The molecule has 1 saturated heterocycles. The maximum Gasteiger partial charge on any atom is 0.335 e. The highest BCUT2D eigenvalue weighted by atomic mass is 35.5. The van der Waals surface area contributed by atoms with E-state index in [9.17, 15) is 4.79 Å². The first-order valence-corrected chi connectivity index (χ1v) is 11.0. The van der Waals surface area contributed by atoms with Crippen molar-refractivity contribution in [3.63, 3.8) is 0 Å². The molecule has 1 N–H and O–H groups in total. The molecule has 0 bridgehead atoms. The van der Waals surface area contributed by atoms with Gasteiger partial charge in [0.05, 0.1) is 17.4 Å². The molecule has 1 atom stereocenters. The van der Waals surface area contributed by atoms with Gasteiger partial charge in [-0.25, -0.2) is 9.78 Å². The Morgan fingerprint density at radius 2 is 1.97 bits per heavy atom. The number of hydrogen-bond donors (Lipinski definition) is 1. The van der Waals surface area contributed by atoms with Crippen LogP contribution in [-0.4, -0.2) is 45.1 Å². The van der Waals surface area contributed by atoms with Gasteiger partial charge in [-0.05, 0) is 42.7 Å². The highest BCUT2D eigenvalue weighted by Crippen LogP contribution is 2.32. The van der Waals surface area contributed by atoms with E-state index in [0.29, 0.717) is 11.6 Å². The Kier molecular flexibility index (Phi) is 6.74. The lowest BCUT2D eigenvalue weighted by Crippen LogP contribution is -2.37. The summed E-state index contributed by atoms with van der Waals surface area (Å²) in [6.07, 6.45) is 5.08. The van der Waals surface area contributed by atoms with Crippen LogP contribution in [0, 0.1) is 0 Å². The Morgan fingerprint density at radius 1 is 1.20 bits per heavy atom. The van der Waals surface area contributed by atoms with Gasteiger partial charge in [0.1, 0.15) is 11.1 Å². The van der Waals surface area contributed by atoms with Crippen molar-refractivity contribution in [1.82, 2.24) is 14.9 Å². The smallest absolute Gasteiger partial charge is 0.335 e. The first kappa shape index (κ1) is 20.9. The van der Waals surface area contributed by atoms with Crippen molar-refractivity contribution in [2.75, 3.05) is 13.1 Å². The first-order valence-electron chi connectivity index (χ1n) is 9.79. The third-order valence-electron chi connectivity index (χ3n) is 5.16. The summed E-state index contributed by atoms with van der Waals surface area (Å²) in [5, 5.41) is 12.8. The predicted molar refractivity (Wildman–Crippen MR) is 116 cm³/mol. The molecule has 1 aromatic carbocycles. The number of benzene rings is 1. The SMILES string of the molecule is O=C(O)c1ccnc(CN2CCC(OC(c3ccc(Cl)cc3)c3nccs3)CC2)c1. The number of piperidine rings is 1. The van der Waals surface area contributed by atoms with Crippen LogP contribution in [-0.2, 0) is 11.3 Å². The summed E-state index contributed by atoms with van der Waals surface area (Å²) in [6.45, 7) is 2.38. The zero-order chi connectivity index (χ0) is 20.9. The minimum atomic E-state index is -0.929. The van der Waals surface area contributed by atoms with Gasteiger partial charge in [-0.2, -0.15) is 0 Å². The minimum Gasteiger partial charge on any atom is -0.478 e. The number of carboxylic acid groups (broad SMARTS) is 1. The summed E-state index contributed by atoms with van der Waals surface area (Å²) in [5.41, 5.74) is 2.09. The molecule has 30 heavy (non-hydrogen) atoms. The topological polar surface area (TPSA) is 75.5 Å². The summed E-state index contributed by atoms with van der Waals surface area (Å²) in [7, 11) is 0. The zero-order valence-corrected chi connectivity index (χ0v) is 17.9. The molecule has 6 nitrogen and oxygen atoms in total. The first-order chi connectivity index (χ1) is 14.6. The van der Waals surface area contributed by atoms with Gasteiger partial charge in [0.2, 0.25) is 0 Å². The highest BCUT2D eigenvalue weighted by Gasteiger charge is 2.26. The summed E-state index contributed by atoms with van der Waals surface area (Å²) in [4.78, 5) is 22.2. The predicted octanol–water partition coefficient (Wildman–Crippen LogP) is 4.66. The van der Waals surface area contributed by atoms with E-state index in [1.165, 1.54) is 6.07 Å². The van der Waals surface area contributed by atoms with Crippen LogP contribution in [0.15, 0.2) is 54.2 Å². The second kappa shape index (κ2) is 9.66. The molecule has 3 heterocycles. The van der Waals surface area contributed by atoms with Gasteiger partial charge < -0.3 is 9.84 Å². The summed E-state index contributed by atoms with van der Waals surface area (Å²) < 4.78 is 6.50. The number of pyridine rings is 1. The molecule has 1 aliphatic heterocycles. The molecule has 156 valence electrons. The Morgan fingerprint density at radius 3 is 2.63 bits per heavy atom. The summed E-state index contributed by atoms with van der Waals surface area (Å²) in [5.74, 6) is -0.929. The number of carbonyl (C=O) groups is 1. The van der Waals surface area contributed by atoms with E-state index >= 15 is 0 Å². The molecule has 8 heteroatoms. The maximum absolute atomic E-state index is 11.2. The van der Waals surface area contributed by atoms with Crippen molar-refractivity contribution < 1.29 is 14.6 Å². The molecule has 0 radical (unpaired) electrons. The van der Waals surface area contributed by atoms with Gasteiger partial charge in [0.15, 0.2) is 0 Å². The van der Waals surface area contributed by atoms with Crippen molar-refractivity contribution in [2.45, 2.75) is 31.6 Å². The average Bonchev–Trinajstić information content (AvgIpc) is 3.29. The number of aromatic carboxylic acids is 1. The largest absolute Gasteiger partial charge is 0.478 e. The number of nitrogens with zero attached hydrogens (tertiary/aromatic N) is 3. The van der Waals surface area contributed by atoms with Crippen LogP contribution in [0.3, 0.4) is 0 Å². The normalized spacial score (nSPS) is 16.4. The lowest BCUT2D eigenvalue weighted by Gasteiger charge is -2.33. The van der Waals surface area contributed by atoms with Crippen molar-refractivity contribution >= 4 is 28.9 Å². The van der Waals surface area contributed by atoms with Crippen LogP contribution in [0.25, 0.3) is 0 Å². The molecule has 1 fully saturated rings. The zero-order valence-electron chi connectivity index (χ0n) is 16.3. The fourth-order valence-electron chi connectivity index (χ4n) is 3.60. The van der Waals surface area contributed by atoms with E-state index in [1.807, 2.05) is 29.6 Å². The molecule has 3 aromatic rings. The fraction of sp³-hybridized carbons (Fsp3) is 0.318. The number of hydrogen-bond acceptors (Lipinski definition) is 6. The summed E-state index contributed by atoms with van der Waals surface area (Å²) >= 11 is 7.63. The standard InChI is InChI=1S/C22H22ClN3O3S/c23-17-3-1-15(2-4-17)20(21-25-9-12-30-21)29-19-6-10-26(11-7-19)14-18-13-16(22(27)28)5-8-24-18/h1-5,8-9,12-13,19-20H,6-7,10-11,14H2,(H,27,28). The Bertz CT molecular complexity index is 974. The van der Waals surface area contributed by atoms with E-state index in [2.05, 4.69) is 14.9 Å². The van der Waals surface area contributed by atoms with Crippen molar-refractivity contribution in [2.24, 2.45) is 0 Å². The van der Waals surface area contributed by atoms with Crippen molar-refractivity contribution in [3.05, 3.63) is 81.0 Å². The van der Waals surface area contributed by atoms with E-state index in [0.717, 1.165) is 42.2 Å². The van der Waals surface area contributed by atoms with E-state index in [-0.39, 0.29) is 17.8 Å². The van der Waals surface area contributed by atoms with Gasteiger partial charge in [-0.1, -0.05) is 23.7 Å². The van der Waals surface area contributed by atoms with Gasteiger partial charge in [0.25, 0.3) is 0 Å². The van der Waals surface area contributed by atoms with Gasteiger partial charge in [0, 0.05) is 42.4 Å². The molecule has 2 aromatic heterocycles. The van der Waals surface area contributed by atoms with Crippen LogP contribution in [0.5, 0.6) is 0 Å². The molecule has 0 spiro atoms. The number of thiazole rings is 1. The average molecular weight is 444 g/mol. The molecule has 1 unspecified atom stereocenters. The van der Waals surface area contributed by atoms with E-state index in [4.69, 9.17) is 21.4 Å². The third kappa shape index (κ3) is 5.23. The monoisotopic (exact) mass is 443 g/mol. The molecule has 0 saturated carbocycles. The quantitative estimate of drug-likeness (QED) is 0.572. The number of likely N-dealkylation sites (tertiary alicyclic amines) is 1. The third-order valence-corrected chi connectivity index (χ3v) is 6.23. The fourth-order valence-corrected chi connectivity index (χ4v) is 4.43. The van der Waals surface area contributed by atoms with Crippen molar-refractivity contribution in [1.29, 1.82) is 0 Å². The second-order valence-electron chi connectivity index (χ2n) is 7.25. The van der Waals surface area contributed by atoms with Crippen LogP contribution in [0.2, 0.25) is 5.02 Å². The highest BCUT2D eigenvalue weighted by molar-refractivity contribution is 7.09. The minimum absolute atomic E-state index is 0.129. The van der Waals surface area contributed by atoms with Gasteiger partial charge in [-0.3, -0.25) is 9.88 Å². The van der Waals surface area contributed by atoms with Gasteiger partial charge >= 0.3 is 5.97 Å². The Labute approximate surface area is 184 Å². The lowest BCUT2D eigenvalue weighted by atomic mass is 10.1. The molecular weight excluding hydrogens is 422 g/mol. The van der Waals surface area contributed by atoms with Crippen LogP contribution < -0.4 is 0 Å². The molecule has 4 rings (SSSR count). The maximum atomic E-state index is 11.2. The molecule has 0 aliphatic carbocycles. The van der Waals surface area contributed by atoms with Crippen LogP contribution in [0.4, 0.5) is 0 Å². The number of halogens is 1. The van der Waals surface area contributed by atoms with Crippen molar-refractivity contribution in [3.8, 4) is 0 Å². The Hall–Kier alpha value is -2.32. The molecule has 1 aliphatic rings. The number of aromatic nitrogens is 2. The molecule has 0 amide bonds. The van der Waals surface area contributed by atoms with Crippen LogP contribution in [0.1, 0.15) is 45.6 Å². The Balaban J connectivity index is 1.37. The number of ether oxygens (including phenoxy) is 1. The second-order valence-corrected chi connectivity index (χ2v) is 8.62. The van der Waals surface area contributed by atoms with Crippen LogP contribution >= 0.6 is 22.9 Å². The summed E-state index contributed by atoms with van der Waals surface area (Å²) in [6, 6.07) is 10.9. The number of rotatable bonds is 7. The number of carboxylic acids is 1. The lowest BCUT2D eigenvalue weighted by molar-refractivity contribution is -0.0283. The molecular formula is C22H22ClN3O3S. The van der Waals surface area contributed by atoms with E-state index < -0.39 is 5.97 Å². The van der Waals surface area contributed by atoms with Gasteiger partial charge in [-0.15, -0.1) is 11.3 Å².